The van der Waals surface area contributed by atoms with Gasteiger partial charge in [0.1, 0.15) is 6.10 Å². The Morgan fingerprint density at radius 3 is 2.62 bits per heavy atom. The monoisotopic (exact) mass is 689 g/mol. The lowest BCUT2D eigenvalue weighted by molar-refractivity contribution is -0.116. The molecule has 0 bridgehead atoms. The fourth-order valence-corrected chi connectivity index (χ4v) is 8.39. The summed E-state index contributed by atoms with van der Waals surface area (Å²) in [7, 11) is -0.524. The topological polar surface area (TPSA) is 160 Å². The Hall–Kier alpha value is -3.18. The van der Waals surface area contributed by atoms with Gasteiger partial charge in [-0.15, -0.1) is 0 Å². The molecule has 2 fully saturated rings. The number of alkyl carbamates (subject to hydrolysis) is 1. The van der Waals surface area contributed by atoms with Crippen molar-refractivity contribution in [3.63, 3.8) is 0 Å². The number of fused-ring (bicyclic) bond motifs is 2. The van der Waals surface area contributed by atoms with E-state index >= 15 is 0 Å². The molecule has 2 saturated heterocycles. The summed E-state index contributed by atoms with van der Waals surface area (Å²) in [5.74, 6) is -0.335. The highest BCUT2D eigenvalue weighted by Gasteiger charge is 2.44. The molecule has 0 radical (unpaired) electrons. The van der Waals surface area contributed by atoms with Crippen molar-refractivity contribution in [2.45, 2.75) is 56.1 Å². The van der Waals surface area contributed by atoms with Crippen LogP contribution in [-0.2, 0) is 35.4 Å². The third-order valence-corrected chi connectivity index (χ3v) is 10.7. The van der Waals surface area contributed by atoms with Crippen LogP contribution in [0.3, 0.4) is 0 Å². The average molecular weight is 690 g/mol. The van der Waals surface area contributed by atoms with Crippen molar-refractivity contribution >= 4 is 48.7 Å². The molecule has 3 heterocycles. The van der Waals surface area contributed by atoms with Gasteiger partial charge in [-0.2, -0.15) is 4.31 Å². The fraction of sp³-hybridized carbons (Fsp3) is 0.531. The molecular formula is C32H43N5O8S2. The number of aliphatic hydroxyl groups excluding tert-OH is 1. The number of likely N-dealkylation sites (N-methyl/N-ethyl adjacent to an activating group) is 1. The van der Waals surface area contributed by atoms with Gasteiger partial charge in [0.25, 0.3) is 0 Å². The summed E-state index contributed by atoms with van der Waals surface area (Å²) < 4.78 is 46.8. The van der Waals surface area contributed by atoms with Crippen LogP contribution in [0, 0.1) is 11.8 Å². The predicted octanol–water partition coefficient (Wildman–Crippen LogP) is 2.90. The van der Waals surface area contributed by atoms with E-state index in [2.05, 4.69) is 15.6 Å². The number of benzene rings is 2. The third-order valence-electron chi connectivity index (χ3n) is 7.97. The number of amides is 2. The first kappa shape index (κ1) is 35.1. The van der Waals surface area contributed by atoms with E-state index in [0.717, 1.165) is 12.0 Å². The van der Waals surface area contributed by atoms with E-state index < -0.39 is 34.4 Å². The molecule has 0 spiro atoms. The Bertz CT molecular complexity index is 1630. The summed E-state index contributed by atoms with van der Waals surface area (Å²) in [5.41, 5.74) is 1.41. The lowest BCUT2D eigenvalue weighted by atomic mass is 10.0. The summed E-state index contributed by atoms with van der Waals surface area (Å²) in [4.78, 5) is 31.5. The Kier molecular flexibility index (Phi) is 11.5. The Morgan fingerprint density at radius 1 is 1.13 bits per heavy atom. The summed E-state index contributed by atoms with van der Waals surface area (Å²) in [5, 5.41) is 17.5. The summed E-state index contributed by atoms with van der Waals surface area (Å²) >= 11 is 1.18. The third kappa shape index (κ3) is 9.04. The van der Waals surface area contributed by atoms with Crippen LogP contribution in [-0.4, -0.2) is 111 Å². The zero-order chi connectivity index (χ0) is 33.7. The number of carbonyl (C=O) groups is 2. The second-order valence-corrected chi connectivity index (χ2v) is 15.6. The van der Waals surface area contributed by atoms with E-state index in [4.69, 9.17) is 14.2 Å². The largest absolute Gasteiger partial charge is 0.443 e. The van der Waals surface area contributed by atoms with Crippen LogP contribution in [0.2, 0.25) is 0 Å². The van der Waals surface area contributed by atoms with Crippen LogP contribution in [0.4, 0.5) is 9.93 Å². The smallest absolute Gasteiger partial charge is 0.407 e. The van der Waals surface area contributed by atoms with Gasteiger partial charge in [0.05, 0.1) is 52.9 Å². The zero-order valence-corrected chi connectivity index (χ0v) is 28.6. The standard InChI is InChI=1S/C32H43N5O8S2/c1-20(2)16-37(47(41,42)22-10-11-24-28(15-22)46-31(33-24)35-29(39)18-36(3)4)17-26(38)25(14-21-8-6-5-7-9-21)34-32(40)45-27-19-44-30-23(27)12-13-43-30/h5-11,15,20,23,25-27,30,38H,12-14,16-19H2,1-4H3,(H,34,40)(H,33,35,39)/t23-,25+,26-,27-,30+/m1/s1. The number of sulfonamides is 1. The predicted molar refractivity (Wildman–Crippen MR) is 178 cm³/mol. The van der Waals surface area contributed by atoms with Gasteiger partial charge in [-0.05, 0) is 56.6 Å². The van der Waals surface area contributed by atoms with E-state index in [1.807, 2.05) is 44.2 Å². The van der Waals surface area contributed by atoms with E-state index in [1.165, 1.54) is 27.8 Å². The molecule has 2 aromatic carbocycles. The molecule has 0 saturated carbocycles. The number of carbonyl (C=O) groups excluding carboxylic acids is 2. The highest BCUT2D eigenvalue weighted by molar-refractivity contribution is 7.89. The molecule has 2 aliphatic heterocycles. The average Bonchev–Trinajstić information content (AvgIpc) is 3.73. The first-order valence-electron chi connectivity index (χ1n) is 15.7. The molecule has 5 atom stereocenters. The van der Waals surface area contributed by atoms with Gasteiger partial charge < -0.3 is 34.9 Å². The number of hydrogen-bond acceptors (Lipinski definition) is 11. The number of hydrogen-bond donors (Lipinski definition) is 3. The highest BCUT2D eigenvalue weighted by atomic mass is 32.2. The van der Waals surface area contributed by atoms with E-state index in [0.29, 0.717) is 22.0 Å². The quantitative estimate of drug-likeness (QED) is 0.230. The second kappa shape index (κ2) is 15.4. The first-order valence-corrected chi connectivity index (χ1v) is 17.9. The molecule has 47 heavy (non-hydrogen) atoms. The highest BCUT2D eigenvalue weighted by Crippen LogP contribution is 2.33. The fourth-order valence-electron chi connectivity index (χ4n) is 5.75. The molecule has 13 nitrogen and oxygen atoms in total. The lowest BCUT2D eigenvalue weighted by Gasteiger charge is -2.31. The Morgan fingerprint density at radius 2 is 1.89 bits per heavy atom. The van der Waals surface area contributed by atoms with Crippen molar-refractivity contribution in [3.05, 3.63) is 54.1 Å². The van der Waals surface area contributed by atoms with Gasteiger partial charge in [0.15, 0.2) is 11.4 Å². The van der Waals surface area contributed by atoms with Gasteiger partial charge >= 0.3 is 6.09 Å². The molecule has 5 rings (SSSR count). The Balaban J connectivity index is 1.34. The number of rotatable bonds is 14. The minimum absolute atomic E-state index is 0.0363. The van der Waals surface area contributed by atoms with E-state index in [1.54, 1.807) is 25.1 Å². The van der Waals surface area contributed by atoms with Crippen molar-refractivity contribution in [3.8, 4) is 0 Å². The van der Waals surface area contributed by atoms with Gasteiger partial charge in [-0.25, -0.2) is 18.2 Å². The summed E-state index contributed by atoms with van der Waals surface area (Å²) in [6.45, 7) is 4.60. The molecule has 256 valence electrons. The zero-order valence-electron chi connectivity index (χ0n) is 27.0. The van der Waals surface area contributed by atoms with Crippen LogP contribution < -0.4 is 10.6 Å². The van der Waals surface area contributed by atoms with Crippen LogP contribution in [0.5, 0.6) is 0 Å². The summed E-state index contributed by atoms with van der Waals surface area (Å²) in [6, 6.07) is 13.1. The number of nitrogens with zero attached hydrogens (tertiary/aromatic N) is 3. The SMILES string of the molecule is CC(C)CN(C[C@@H](O)[C@H](Cc1ccccc1)NC(=O)O[C@@H]1CO[C@@H]2OCC[C@@H]21)S(=O)(=O)c1ccc2nc(NC(=O)CN(C)C)sc2c1. The Labute approximate surface area is 279 Å². The van der Waals surface area contributed by atoms with Crippen LogP contribution in [0.1, 0.15) is 25.8 Å². The molecule has 0 aliphatic carbocycles. The number of anilines is 1. The van der Waals surface area contributed by atoms with Crippen molar-refractivity contribution in [2.24, 2.45) is 11.8 Å². The van der Waals surface area contributed by atoms with Gasteiger partial charge in [0, 0.05) is 13.1 Å². The van der Waals surface area contributed by atoms with Gasteiger partial charge in [0.2, 0.25) is 15.9 Å². The maximum Gasteiger partial charge on any atom is 0.407 e. The molecular weight excluding hydrogens is 647 g/mol. The van der Waals surface area contributed by atoms with E-state index in [-0.39, 0.29) is 61.6 Å². The van der Waals surface area contributed by atoms with Crippen LogP contribution >= 0.6 is 11.3 Å². The maximum absolute atomic E-state index is 14.1. The van der Waals surface area contributed by atoms with Crippen molar-refractivity contribution in [2.75, 3.05) is 52.3 Å². The molecule has 15 heteroatoms. The van der Waals surface area contributed by atoms with Crippen LogP contribution in [0.25, 0.3) is 10.2 Å². The number of thiazole rings is 1. The first-order chi connectivity index (χ1) is 22.4. The molecule has 3 aromatic rings. The second-order valence-electron chi connectivity index (χ2n) is 12.6. The lowest BCUT2D eigenvalue weighted by Crippen LogP contribution is -2.51. The van der Waals surface area contributed by atoms with Crippen molar-refractivity contribution in [1.82, 2.24) is 19.5 Å². The maximum atomic E-state index is 14.1. The van der Waals surface area contributed by atoms with E-state index in [9.17, 15) is 23.1 Å². The number of aromatic nitrogens is 1. The molecule has 2 aliphatic rings. The van der Waals surface area contributed by atoms with Crippen LogP contribution in [0.15, 0.2) is 53.4 Å². The molecule has 2 amide bonds. The molecule has 3 N–H and O–H groups in total. The molecule has 0 unspecified atom stereocenters. The minimum Gasteiger partial charge on any atom is -0.443 e. The summed E-state index contributed by atoms with van der Waals surface area (Å²) in [6.07, 6.45) is -1.87. The van der Waals surface area contributed by atoms with Gasteiger partial charge in [-0.1, -0.05) is 55.5 Å². The molecule has 1 aromatic heterocycles. The van der Waals surface area contributed by atoms with Crippen molar-refractivity contribution in [1.29, 1.82) is 0 Å². The number of ether oxygens (including phenoxy) is 3. The number of nitrogens with one attached hydrogen (secondary N) is 2. The van der Waals surface area contributed by atoms with Crippen molar-refractivity contribution < 1.29 is 37.3 Å². The number of aliphatic hydroxyl groups is 1. The normalized spacial score (nSPS) is 20.9. The minimum atomic E-state index is -4.09. The van der Waals surface area contributed by atoms with Gasteiger partial charge in [-0.3, -0.25) is 4.79 Å².